The molecular weight excluding hydrogens is 677 g/mol. The second-order valence-electron chi connectivity index (χ2n) is 16.7. The van der Waals surface area contributed by atoms with Gasteiger partial charge in [0.05, 0.1) is 16.8 Å². The summed E-state index contributed by atoms with van der Waals surface area (Å²) >= 11 is 0. The van der Waals surface area contributed by atoms with Crippen molar-refractivity contribution in [3.63, 3.8) is 0 Å². The van der Waals surface area contributed by atoms with E-state index in [1.165, 1.54) is 88.8 Å². The first-order valence-corrected chi connectivity index (χ1v) is 20.4. The molecule has 8 aromatic rings. The van der Waals surface area contributed by atoms with Crippen LogP contribution in [0.15, 0.2) is 170 Å². The standard InChI is InChI=1S/C54H46N2/c1-5-53(55(39-23-9-7-10-24-39)50-29-17-21-36-19-13-15-27-41(36)50)35-38-31-43-44-32-48-49(34-47(44)52(3,4)46(43)33-45(38)53)54(48,6-2)56(40-25-11-8-12-26-40)51-30-18-22-37-20-14-16-28-42(37)51/h7-34H,5-6,35H2,1-4H3. The largest absolute Gasteiger partial charge is 0.330 e. The summed E-state index contributed by atoms with van der Waals surface area (Å²) < 4.78 is 0. The number of fused-ring (bicyclic) bond motifs is 7. The Balaban J connectivity index is 1.06. The lowest BCUT2D eigenvalue weighted by molar-refractivity contribution is 0.363. The third-order valence-corrected chi connectivity index (χ3v) is 13.8. The highest BCUT2D eigenvalue weighted by atomic mass is 15.2. The van der Waals surface area contributed by atoms with E-state index < -0.39 is 0 Å². The van der Waals surface area contributed by atoms with E-state index in [4.69, 9.17) is 0 Å². The summed E-state index contributed by atoms with van der Waals surface area (Å²) in [7, 11) is 0. The molecule has 0 spiro atoms. The average Bonchev–Trinajstić information content (AvgIpc) is 3.82. The van der Waals surface area contributed by atoms with Crippen LogP contribution in [0.5, 0.6) is 0 Å². The second-order valence-corrected chi connectivity index (χ2v) is 16.7. The number of rotatable bonds is 8. The fourth-order valence-corrected chi connectivity index (χ4v) is 10.9. The van der Waals surface area contributed by atoms with E-state index in [1.54, 1.807) is 0 Å². The summed E-state index contributed by atoms with van der Waals surface area (Å²) in [6.45, 7) is 9.66. The number of para-hydroxylation sites is 2. The first-order chi connectivity index (χ1) is 27.4. The summed E-state index contributed by atoms with van der Waals surface area (Å²) in [5.41, 5.74) is 16.1. The fraction of sp³-hybridized carbons (Fsp3) is 0.185. The van der Waals surface area contributed by atoms with Gasteiger partial charge in [0.15, 0.2) is 0 Å². The predicted molar refractivity (Wildman–Crippen MR) is 236 cm³/mol. The Kier molecular flexibility index (Phi) is 7.09. The Labute approximate surface area is 330 Å². The van der Waals surface area contributed by atoms with Gasteiger partial charge in [-0.2, -0.15) is 0 Å². The maximum atomic E-state index is 2.67. The molecule has 2 heteroatoms. The molecule has 2 atom stereocenters. The lowest BCUT2D eigenvalue weighted by Gasteiger charge is -2.53. The van der Waals surface area contributed by atoms with E-state index in [0.717, 1.165) is 19.3 Å². The first-order valence-electron chi connectivity index (χ1n) is 20.4. The van der Waals surface area contributed by atoms with Crippen molar-refractivity contribution in [3.8, 4) is 11.1 Å². The van der Waals surface area contributed by atoms with Crippen molar-refractivity contribution < 1.29 is 0 Å². The zero-order valence-corrected chi connectivity index (χ0v) is 32.7. The molecule has 2 unspecified atom stereocenters. The van der Waals surface area contributed by atoms with Crippen molar-refractivity contribution in [2.45, 2.75) is 63.5 Å². The van der Waals surface area contributed by atoms with Crippen molar-refractivity contribution in [1.82, 2.24) is 0 Å². The average molecular weight is 723 g/mol. The number of anilines is 4. The molecule has 0 N–H and O–H groups in total. The van der Waals surface area contributed by atoms with Gasteiger partial charge in [-0.05, 0) is 111 Å². The third-order valence-electron chi connectivity index (χ3n) is 13.8. The molecule has 8 aromatic carbocycles. The number of nitrogens with zero attached hydrogens (tertiary/aromatic N) is 2. The second kappa shape index (κ2) is 11.9. The zero-order chi connectivity index (χ0) is 37.8. The van der Waals surface area contributed by atoms with E-state index in [0.29, 0.717) is 0 Å². The topological polar surface area (TPSA) is 6.48 Å². The highest BCUT2D eigenvalue weighted by Crippen LogP contribution is 2.64. The van der Waals surface area contributed by atoms with E-state index in [9.17, 15) is 0 Å². The van der Waals surface area contributed by atoms with Gasteiger partial charge < -0.3 is 9.80 Å². The molecule has 0 amide bonds. The van der Waals surface area contributed by atoms with Gasteiger partial charge in [-0.15, -0.1) is 0 Å². The van der Waals surface area contributed by atoms with Crippen LogP contribution in [-0.4, -0.2) is 0 Å². The lowest BCUT2D eigenvalue weighted by Crippen LogP contribution is -2.51. The van der Waals surface area contributed by atoms with Crippen molar-refractivity contribution >= 4 is 44.3 Å². The molecule has 0 fully saturated rings. The van der Waals surface area contributed by atoms with Crippen LogP contribution in [0.3, 0.4) is 0 Å². The summed E-state index contributed by atoms with van der Waals surface area (Å²) in [5, 5.41) is 5.13. The van der Waals surface area contributed by atoms with Gasteiger partial charge in [-0.25, -0.2) is 0 Å². The van der Waals surface area contributed by atoms with Crippen molar-refractivity contribution in [2.75, 3.05) is 9.80 Å². The smallest absolute Gasteiger partial charge is 0.0960 e. The Morgan fingerprint density at radius 2 is 0.929 bits per heavy atom. The summed E-state index contributed by atoms with van der Waals surface area (Å²) in [4.78, 5) is 5.31. The summed E-state index contributed by atoms with van der Waals surface area (Å²) in [6.07, 6.45) is 3.01. The maximum absolute atomic E-state index is 2.67. The van der Waals surface area contributed by atoms with Gasteiger partial charge in [0, 0.05) is 39.7 Å². The lowest BCUT2D eigenvalue weighted by atomic mass is 9.65. The van der Waals surface area contributed by atoms with E-state index in [2.05, 4.69) is 207 Å². The molecule has 0 aromatic heterocycles. The Hall–Kier alpha value is -6.12. The molecular formula is C54H46N2. The fourth-order valence-electron chi connectivity index (χ4n) is 10.9. The van der Waals surface area contributed by atoms with Gasteiger partial charge in [-0.1, -0.05) is 155 Å². The van der Waals surface area contributed by atoms with Crippen LogP contribution in [0.1, 0.15) is 73.9 Å². The molecule has 11 rings (SSSR count). The Bertz CT molecular complexity index is 2840. The summed E-state index contributed by atoms with van der Waals surface area (Å²) in [5.74, 6) is 0. The molecule has 3 aliphatic carbocycles. The summed E-state index contributed by atoms with van der Waals surface area (Å²) in [6, 6.07) is 63.7. The normalized spacial score (nSPS) is 19.4. The molecule has 0 aliphatic heterocycles. The highest BCUT2D eigenvalue weighted by molar-refractivity contribution is 5.99. The molecule has 56 heavy (non-hydrogen) atoms. The molecule has 0 bridgehead atoms. The van der Waals surface area contributed by atoms with Gasteiger partial charge >= 0.3 is 0 Å². The van der Waals surface area contributed by atoms with Gasteiger partial charge in [-0.3, -0.25) is 0 Å². The number of hydrogen-bond donors (Lipinski definition) is 0. The molecule has 0 saturated heterocycles. The molecule has 2 nitrogen and oxygen atoms in total. The van der Waals surface area contributed by atoms with Crippen LogP contribution in [0.25, 0.3) is 32.7 Å². The quantitative estimate of drug-likeness (QED) is 0.154. The van der Waals surface area contributed by atoms with Crippen molar-refractivity contribution in [3.05, 3.63) is 203 Å². The third kappa shape index (κ3) is 4.39. The Morgan fingerprint density at radius 3 is 1.52 bits per heavy atom. The monoisotopic (exact) mass is 722 g/mol. The minimum atomic E-state index is -0.210. The maximum Gasteiger partial charge on any atom is 0.0960 e. The van der Waals surface area contributed by atoms with Crippen LogP contribution in [0.2, 0.25) is 0 Å². The molecule has 0 radical (unpaired) electrons. The highest BCUT2D eigenvalue weighted by Gasteiger charge is 2.57. The van der Waals surface area contributed by atoms with Crippen molar-refractivity contribution in [1.29, 1.82) is 0 Å². The van der Waals surface area contributed by atoms with Crippen LogP contribution in [0, 0.1) is 0 Å². The van der Waals surface area contributed by atoms with Crippen LogP contribution in [-0.2, 0) is 22.9 Å². The SMILES string of the molecule is CCC1(N(c2ccccc2)c2cccc3ccccc23)Cc2cc3c(cc21)C(C)(C)c1cc2c(cc1-3)C2(CC)N(c1ccccc1)c1cccc2ccccc12. The van der Waals surface area contributed by atoms with Crippen molar-refractivity contribution in [2.24, 2.45) is 0 Å². The molecule has 0 heterocycles. The Morgan fingerprint density at radius 1 is 0.446 bits per heavy atom. The van der Waals surface area contributed by atoms with Crippen LogP contribution >= 0.6 is 0 Å². The molecule has 0 saturated carbocycles. The minimum Gasteiger partial charge on any atom is -0.330 e. The van der Waals surface area contributed by atoms with Gasteiger partial charge in [0.2, 0.25) is 0 Å². The van der Waals surface area contributed by atoms with E-state index >= 15 is 0 Å². The molecule has 272 valence electrons. The number of hydrogen-bond acceptors (Lipinski definition) is 2. The van der Waals surface area contributed by atoms with Crippen LogP contribution in [0.4, 0.5) is 22.7 Å². The first kappa shape index (κ1) is 33.2. The minimum absolute atomic E-state index is 0.139. The zero-order valence-electron chi connectivity index (χ0n) is 32.7. The van der Waals surface area contributed by atoms with Gasteiger partial charge in [0.25, 0.3) is 0 Å². The molecule has 3 aliphatic rings. The van der Waals surface area contributed by atoms with E-state index in [1.807, 2.05) is 0 Å². The predicted octanol–water partition coefficient (Wildman–Crippen LogP) is 14.1. The van der Waals surface area contributed by atoms with E-state index in [-0.39, 0.29) is 16.5 Å². The van der Waals surface area contributed by atoms with Gasteiger partial charge in [0.1, 0.15) is 0 Å². The van der Waals surface area contributed by atoms with Crippen LogP contribution < -0.4 is 9.80 Å². The number of benzene rings is 8.